The highest BCUT2D eigenvalue weighted by Gasteiger charge is 2.32. The molecular formula is C22H24N4O2. The van der Waals surface area contributed by atoms with E-state index in [-0.39, 0.29) is 11.9 Å². The number of amides is 1. The normalized spacial score (nSPS) is 17.7. The van der Waals surface area contributed by atoms with Crippen LogP contribution in [0.3, 0.4) is 0 Å². The van der Waals surface area contributed by atoms with E-state index in [9.17, 15) is 4.79 Å². The van der Waals surface area contributed by atoms with E-state index >= 15 is 0 Å². The van der Waals surface area contributed by atoms with Crippen LogP contribution in [-0.4, -0.2) is 46.8 Å². The Kier molecular flexibility index (Phi) is 5.12. The molecule has 1 aromatic heterocycles. The minimum atomic E-state index is -0.199. The van der Waals surface area contributed by atoms with E-state index in [2.05, 4.69) is 10.00 Å². The average Bonchev–Trinajstić information content (AvgIpc) is 3.21. The van der Waals surface area contributed by atoms with E-state index in [0.717, 1.165) is 29.4 Å². The number of hydrogen-bond donors (Lipinski definition) is 0. The lowest BCUT2D eigenvalue weighted by Crippen LogP contribution is -2.55. The van der Waals surface area contributed by atoms with E-state index in [1.54, 1.807) is 7.11 Å². The molecule has 0 unspecified atom stereocenters. The molecule has 0 aliphatic carbocycles. The third kappa shape index (κ3) is 3.51. The van der Waals surface area contributed by atoms with Crippen LogP contribution in [0.1, 0.15) is 12.6 Å². The van der Waals surface area contributed by atoms with E-state index in [1.807, 2.05) is 83.4 Å². The van der Waals surface area contributed by atoms with Gasteiger partial charge in [-0.25, -0.2) is 4.68 Å². The molecule has 1 aliphatic rings. The molecule has 0 saturated carbocycles. The molecule has 1 saturated heterocycles. The van der Waals surface area contributed by atoms with Crippen molar-refractivity contribution < 1.29 is 9.53 Å². The molecule has 0 radical (unpaired) electrons. The Labute approximate surface area is 164 Å². The lowest BCUT2D eigenvalue weighted by atomic mass is 10.1. The summed E-state index contributed by atoms with van der Waals surface area (Å²) in [5, 5.41) is 4.46. The van der Waals surface area contributed by atoms with E-state index in [4.69, 9.17) is 4.74 Å². The number of anilines is 1. The van der Waals surface area contributed by atoms with Gasteiger partial charge in [-0.2, -0.15) is 5.10 Å². The van der Waals surface area contributed by atoms with Crippen LogP contribution in [0, 0.1) is 0 Å². The lowest BCUT2D eigenvalue weighted by Gasteiger charge is -2.39. The Morgan fingerprint density at radius 2 is 1.75 bits per heavy atom. The van der Waals surface area contributed by atoms with Crippen molar-refractivity contribution in [2.24, 2.45) is 0 Å². The van der Waals surface area contributed by atoms with Crippen LogP contribution in [0.5, 0.6) is 5.75 Å². The summed E-state index contributed by atoms with van der Waals surface area (Å²) in [4.78, 5) is 17.1. The van der Waals surface area contributed by atoms with Gasteiger partial charge in [-0.15, -0.1) is 0 Å². The second-order valence-electron chi connectivity index (χ2n) is 6.90. The standard InChI is InChI=1S/C22H24N4O2/c1-17-22(27)25(18-8-10-21(28-2)11-9-18)15-14-24(17)16-20-12-13-23-26(20)19-6-4-3-5-7-19/h3-13,17H,14-16H2,1-2H3/t17-/m0/s1. The molecule has 0 spiro atoms. The maximum Gasteiger partial charge on any atom is 0.244 e. The second-order valence-corrected chi connectivity index (χ2v) is 6.90. The molecule has 0 bridgehead atoms. The van der Waals surface area contributed by atoms with Gasteiger partial charge in [0.25, 0.3) is 0 Å². The first-order valence-electron chi connectivity index (χ1n) is 9.45. The number of rotatable bonds is 5. The Morgan fingerprint density at radius 1 is 1.00 bits per heavy atom. The van der Waals surface area contributed by atoms with E-state index in [1.165, 1.54) is 0 Å². The quantitative estimate of drug-likeness (QED) is 0.687. The van der Waals surface area contributed by atoms with Crippen LogP contribution >= 0.6 is 0 Å². The molecule has 3 aromatic rings. The fourth-order valence-electron chi connectivity index (χ4n) is 3.61. The SMILES string of the molecule is COc1ccc(N2CCN(Cc3ccnn3-c3ccccc3)[C@@H](C)C2=O)cc1. The number of nitrogens with zero attached hydrogens (tertiary/aromatic N) is 4. The van der Waals surface area contributed by atoms with Crippen molar-refractivity contribution in [1.29, 1.82) is 0 Å². The van der Waals surface area contributed by atoms with Gasteiger partial charge >= 0.3 is 0 Å². The number of piperazine rings is 1. The molecule has 4 rings (SSSR count). The molecule has 0 N–H and O–H groups in total. The molecule has 144 valence electrons. The molecule has 6 nitrogen and oxygen atoms in total. The zero-order chi connectivity index (χ0) is 19.5. The summed E-state index contributed by atoms with van der Waals surface area (Å²) in [5.41, 5.74) is 3.01. The van der Waals surface area contributed by atoms with Gasteiger partial charge in [-0.1, -0.05) is 18.2 Å². The van der Waals surface area contributed by atoms with E-state index < -0.39 is 0 Å². The second kappa shape index (κ2) is 7.86. The zero-order valence-corrected chi connectivity index (χ0v) is 16.2. The van der Waals surface area contributed by atoms with Gasteiger partial charge in [-0.05, 0) is 49.4 Å². The van der Waals surface area contributed by atoms with Crippen molar-refractivity contribution in [3.8, 4) is 11.4 Å². The van der Waals surface area contributed by atoms with Crippen molar-refractivity contribution in [3.63, 3.8) is 0 Å². The lowest BCUT2D eigenvalue weighted by molar-refractivity contribution is -0.125. The number of ether oxygens (including phenoxy) is 1. The van der Waals surface area contributed by atoms with Gasteiger partial charge in [0.2, 0.25) is 5.91 Å². The predicted octanol–water partition coefficient (Wildman–Crippen LogP) is 3.12. The highest BCUT2D eigenvalue weighted by molar-refractivity contribution is 5.97. The maximum atomic E-state index is 13.0. The molecule has 6 heteroatoms. The number of benzene rings is 2. The van der Waals surface area contributed by atoms with Gasteiger partial charge in [0.05, 0.1) is 24.5 Å². The predicted molar refractivity (Wildman–Crippen MR) is 109 cm³/mol. The van der Waals surface area contributed by atoms with Crippen molar-refractivity contribution in [1.82, 2.24) is 14.7 Å². The minimum Gasteiger partial charge on any atom is -0.497 e. The molecule has 1 fully saturated rings. The Balaban J connectivity index is 1.49. The Hall–Kier alpha value is -3.12. The summed E-state index contributed by atoms with van der Waals surface area (Å²) in [7, 11) is 1.64. The summed E-state index contributed by atoms with van der Waals surface area (Å²) in [6.07, 6.45) is 1.81. The van der Waals surface area contributed by atoms with Gasteiger partial charge in [-0.3, -0.25) is 9.69 Å². The van der Waals surface area contributed by atoms with Crippen LogP contribution in [0.15, 0.2) is 66.9 Å². The average molecular weight is 376 g/mol. The number of carbonyl (C=O) groups is 1. The van der Waals surface area contributed by atoms with Crippen LogP contribution in [0.4, 0.5) is 5.69 Å². The summed E-state index contributed by atoms with van der Waals surface area (Å²) in [5.74, 6) is 0.902. The molecular weight excluding hydrogens is 352 g/mol. The molecule has 1 amide bonds. The smallest absolute Gasteiger partial charge is 0.244 e. The third-order valence-corrected chi connectivity index (χ3v) is 5.25. The maximum absolute atomic E-state index is 13.0. The summed E-state index contributed by atoms with van der Waals surface area (Å²) in [6, 6.07) is 19.5. The molecule has 28 heavy (non-hydrogen) atoms. The number of hydrogen-bond acceptors (Lipinski definition) is 4. The fraction of sp³-hybridized carbons (Fsp3) is 0.273. The first-order chi connectivity index (χ1) is 13.7. The van der Waals surface area contributed by atoms with Crippen molar-refractivity contribution in [3.05, 3.63) is 72.6 Å². The van der Waals surface area contributed by atoms with Gasteiger partial charge in [0.15, 0.2) is 0 Å². The topological polar surface area (TPSA) is 50.6 Å². The van der Waals surface area contributed by atoms with Crippen LogP contribution < -0.4 is 9.64 Å². The Bertz CT molecular complexity index is 937. The van der Waals surface area contributed by atoms with Gasteiger partial charge < -0.3 is 9.64 Å². The molecule has 1 aliphatic heterocycles. The van der Waals surface area contributed by atoms with Crippen LogP contribution in [0.2, 0.25) is 0 Å². The van der Waals surface area contributed by atoms with Crippen molar-refractivity contribution in [2.75, 3.05) is 25.1 Å². The third-order valence-electron chi connectivity index (χ3n) is 5.25. The van der Waals surface area contributed by atoms with Crippen molar-refractivity contribution >= 4 is 11.6 Å². The van der Waals surface area contributed by atoms with E-state index in [0.29, 0.717) is 13.1 Å². The van der Waals surface area contributed by atoms with Crippen LogP contribution in [-0.2, 0) is 11.3 Å². The number of carbonyl (C=O) groups excluding carboxylic acids is 1. The first kappa shape index (κ1) is 18.3. The summed E-state index contributed by atoms with van der Waals surface area (Å²) in [6.45, 7) is 4.12. The number of aromatic nitrogens is 2. The molecule has 2 heterocycles. The number of methoxy groups -OCH3 is 1. The largest absolute Gasteiger partial charge is 0.497 e. The monoisotopic (exact) mass is 376 g/mol. The van der Waals surface area contributed by atoms with Crippen LogP contribution in [0.25, 0.3) is 5.69 Å². The van der Waals surface area contributed by atoms with Crippen molar-refractivity contribution in [2.45, 2.75) is 19.5 Å². The van der Waals surface area contributed by atoms with Gasteiger partial charge in [0, 0.05) is 31.5 Å². The fourth-order valence-corrected chi connectivity index (χ4v) is 3.61. The number of para-hydroxylation sites is 1. The molecule has 2 aromatic carbocycles. The first-order valence-corrected chi connectivity index (χ1v) is 9.45. The van der Waals surface area contributed by atoms with Gasteiger partial charge in [0.1, 0.15) is 5.75 Å². The highest BCUT2D eigenvalue weighted by atomic mass is 16.5. The zero-order valence-electron chi connectivity index (χ0n) is 16.2. The summed E-state index contributed by atoms with van der Waals surface area (Å²) < 4.78 is 7.15. The summed E-state index contributed by atoms with van der Waals surface area (Å²) >= 11 is 0. The highest BCUT2D eigenvalue weighted by Crippen LogP contribution is 2.24. The Morgan fingerprint density at radius 3 is 2.46 bits per heavy atom. The molecule has 1 atom stereocenters. The minimum absolute atomic E-state index is 0.113.